The Kier molecular flexibility index (Phi) is 4.95. The van der Waals surface area contributed by atoms with Crippen molar-refractivity contribution in [3.05, 3.63) is 76.9 Å². The second kappa shape index (κ2) is 7.31. The minimum absolute atomic E-state index is 0.400. The molecule has 0 radical (unpaired) electrons. The highest BCUT2D eigenvalue weighted by atomic mass is 35.5. The number of benzene rings is 2. The predicted octanol–water partition coefficient (Wildman–Crippen LogP) is 3.82. The van der Waals surface area contributed by atoms with Crippen LogP contribution in [0, 0.1) is 0 Å². The zero-order valence-corrected chi connectivity index (χ0v) is 13.6. The highest BCUT2D eigenvalue weighted by Gasteiger charge is 2.11. The molecule has 3 rings (SSSR count). The van der Waals surface area contributed by atoms with Gasteiger partial charge in [-0.1, -0.05) is 48.0 Å². The van der Waals surface area contributed by atoms with Crippen molar-refractivity contribution in [3.63, 3.8) is 0 Å². The first-order valence-corrected chi connectivity index (χ1v) is 7.81. The van der Waals surface area contributed by atoms with Crippen LogP contribution in [0.2, 0.25) is 5.02 Å². The lowest BCUT2D eigenvalue weighted by Crippen LogP contribution is -2.06. The van der Waals surface area contributed by atoms with Crippen LogP contribution in [0.4, 0.5) is 0 Å². The van der Waals surface area contributed by atoms with Crippen LogP contribution >= 0.6 is 11.6 Å². The fourth-order valence-corrected chi connectivity index (χ4v) is 2.49. The van der Waals surface area contributed by atoms with E-state index in [2.05, 4.69) is 10.4 Å². The van der Waals surface area contributed by atoms with E-state index in [1.54, 1.807) is 0 Å². The highest BCUT2D eigenvalue weighted by Crippen LogP contribution is 2.22. The van der Waals surface area contributed by atoms with E-state index in [9.17, 15) is 0 Å². The number of hydrogen-bond donors (Lipinski definition) is 1. The smallest absolute Gasteiger partial charge is 0.217 e. The summed E-state index contributed by atoms with van der Waals surface area (Å²) in [5.41, 5.74) is 2.83. The maximum Gasteiger partial charge on any atom is 0.217 e. The Morgan fingerprint density at radius 1 is 1.09 bits per heavy atom. The minimum Gasteiger partial charge on any atom is -0.473 e. The van der Waals surface area contributed by atoms with E-state index in [4.69, 9.17) is 16.3 Å². The van der Waals surface area contributed by atoms with Crippen LogP contribution in [0.3, 0.4) is 0 Å². The lowest BCUT2D eigenvalue weighted by Gasteiger charge is -2.10. The average molecular weight is 328 g/mol. The number of ether oxygens (including phenoxy) is 1. The largest absolute Gasteiger partial charge is 0.473 e. The third-order valence-corrected chi connectivity index (χ3v) is 3.79. The summed E-state index contributed by atoms with van der Waals surface area (Å²) in [6.45, 7) is 1.08. The van der Waals surface area contributed by atoms with Crippen LogP contribution in [0.15, 0.2) is 60.7 Å². The fraction of sp³-hybridized carbons (Fsp3) is 0.167. The van der Waals surface area contributed by atoms with E-state index in [0.29, 0.717) is 24.1 Å². The predicted molar refractivity (Wildman–Crippen MR) is 92.1 cm³/mol. The van der Waals surface area contributed by atoms with Gasteiger partial charge in [0.15, 0.2) is 0 Å². The highest BCUT2D eigenvalue weighted by molar-refractivity contribution is 6.31. The average Bonchev–Trinajstić information content (AvgIpc) is 2.98. The number of nitrogens with one attached hydrogen (secondary N) is 1. The summed E-state index contributed by atoms with van der Waals surface area (Å²) < 4.78 is 7.78. The van der Waals surface area contributed by atoms with Gasteiger partial charge in [0.25, 0.3) is 0 Å². The summed E-state index contributed by atoms with van der Waals surface area (Å²) in [7, 11) is 1.89. The lowest BCUT2D eigenvalue weighted by atomic mass is 10.2. The van der Waals surface area contributed by atoms with Gasteiger partial charge in [0.1, 0.15) is 6.61 Å². The summed E-state index contributed by atoms with van der Waals surface area (Å²) in [6.07, 6.45) is 0. The topological polar surface area (TPSA) is 39.1 Å². The molecule has 0 amide bonds. The van der Waals surface area contributed by atoms with E-state index >= 15 is 0 Å². The van der Waals surface area contributed by atoms with Gasteiger partial charge in [-0.15, -0.1) is 0 Å². The van der Waals surface area contributed by atoms with E-state index < -0.39 is 0 Å². The van der Waals surface area contributed by atoms with Gasteiger partial charge in [0.05, 0.1) is 11.4 Å². The maximum absolute atomic E-state index is 6.19. The van der Waals surface area contributed by atoms with E-state index in [1.807, 2.05) is 72.4 Å². The second-order valence-corrected chi connectivity index (χ2v) is 5.54. The summed E-state index contributed by atoms with van der Waals surface area (Å²) in [6, 6.07) is 19.6. The van der Waals surface area contributed by atoms with Crippen LogP contribution in [-0.4, -0.2) is 16.8 Å². The molecule has 0 unspecified atom stereocenters. The summed E-state index contributed by atoms with van der Waals surface area (Å²) in [5, 5.41) is 8.41. The third kappa shape index (κ3) is 3.73. The van der Waals surface area contributed by atoms with Gasteiger partial charge in [0.2, 0.25) is 5.88 Å². The first-order chi connectivity index (χ1) is 11.3. The molecule has 118 valence electrons. The molecule has 1 N–H and O–H groups in total. The molecular weight excluding hydrogens is 310 g/mol. The molecule has 0 bridgehead atoms. The van der Waals surface area contributed by atoms with Gasteiger partial charge in [0, 0.05) is 23.2 Å². The zero-order valence-electron chi connectivity index (χ0n) is 12.9. The van der Waals surface area contributed by atoms with E-state index in [0.717, 1.165) is 16.9 Å². The van der Waals surface area contributed by atoms with Gasteiger partial charge < -0.3 is 10.1 Å². The van der Waals surface area contributed by atoms with Gasteiger partial charge in [-0.3, -0.25) is 0 Å². The molecular formula is C18H18ClN3O. The molecule has 1 heterocycles. The Morgan fingerprint density at radius 3 is 2.57 bits per heavy atom. The van der Waals surface area contributed by atoms with Crippen LogP contribution < -0.4 is 10.1 Å². The number of halogens is 1. The van der Waals surface area contributed by atoms with Crippen molar-refractivity contribution in [2.75, 3.05) is 7.05 Å². The molecule has 0 saturated heterocycles. The standard InChI is InChI=1S/C18H18ClN3O/c1-20-12-15-11-18(22(21-15)16-8-3-2-4-9-16)23-13-14-7-5-6-10-17(14)19/h2-11,20H,12-13H2,1H3. The molecule has 5 heteroatoms. The number of nitrogens with zero attached hydrogens (tertiary/aromatic N) is 2. The number of hydrogen-bond acceptors (Lipinski definition) is 3. The minimum atomic E-state index is 0.400. The van der Waals surface area contributed by atoms with Crippen molar-refractivity contribution >= 4 is 11.6 Å². The third-order valence-electron chi connectivity index (χ3n) is 3.42. The number of rotatable bonds is 6. The maximum atomic E-state index is 6.19. The molecule has 0 aliphatic rings. The van der Waals surface area contributed by atoms with Crippen molar-refractivity contribution in [1.82, 2.24) is 15.1 Å². The monoisotopic (exact) mass is 327 g/mol. The summed E-state index contributed by atoms with van der Waals surface area (Å²) in [5.74, 6) is 0.696. The summed E-state index contributed by atoms with van der Waals surface area (Å²) in [4.78, 5) is 0. The SMILES string of the molecule is CNCc1cc(OCc2ccccc2Cl)n(-c2ccccc2)n1. The Bertz CT molecular complexity index is 771. The second-order valence-electron chi connectivity index (χ2n) is 5.13. The van der Waals surface area contributed by atoms with Crippen LogP contribution in [0.1, 0.15) is 11.3 Å². The molecule has 3 aromatic rings. The van der Waals surface area contributed by atoms with Crippen molar-refractivity contribution in [1.29, 1.82) is 0 Å². The molecule has 0 atom stereocenters. The van der Waals surface area contributed by atoms with E-state index in [-0.39, 0.29) is 0 Å². The first-order valence-electron chi connectivity index (χ1n) is 7.43. The van der Waals surface area contributed by atoms with Crippen LogP contribution in [-0.2, 0) is 13.2 Å². The first kappa shape index (κ1) is 15.6. The zero-order chi connectivity index (χ0) is 16.1. The van der Waals surface area contributed by atoms with Crippen molar-refractivity contribution < 1.29 is 4.74 Å². The van der Waals surface area contributed by atoms with Gasteiger partial charge in [-0.2, -0.15) is 5.10 Å². The Hall–Kier alpha value is -2.30. The van der Waals surface area contributed by atoms with Crippen LogP contribution in [0.25, 0.3) is 5.69 Å². The van der Waals surface area contributed by atoms with Crippen molar-refractivity contribution in [3.8, 4) is 11.6 Å². The quantitative estimate of drug-likeness (QED) is 0.748. The molecule has 23 heavy (non-hydrogen) atoms. The van der Waals surface area contributed by atoms with Gasteiger partial charge in [-0.05, 0) is 25.2 Å². The normalized spacial score (nSPS) is 10.7. The molecule has 2 aromatic carbocycles. The number of aromatic nitrogens is 2. The van der Waals surface area contributed by atoms with Crippen molar-refractivity contribution in [2.24, 2.45) is 0 Å². The van der Waals surface area contributed by atoms with E-state index in [1.165, 1.54) is 0 Å². The fourth-order valence-electron chi connectivity index (χ4n) is 2.30. The molecule has 4 nitrogen and oxygen atoms in total. The molecule has 0 saturated carbocycles. The Labute approximate surface area is 140 Å². The Morgan fingerprint density at radius 2 is 1.83 bits per heavy atom. The van der Waals surface area contributed by atoms with Gasteiger partial charge in [-0.25, -0.2) is 4.68 Å². The molecule has 0 aliphatic carbocycles. The Balaban J connectivity index is 1.87. The molecule has 0 fully saturated rings. The molecule has 0 aliphatic heterocycles. The lowest BCUT2D eigenvalue weighted by molar-refractivity contribution is 0.285. The molecule has 0 spiro atoms. The number of para-hydroxylation sites is 1. The van der Waals surface area contributed by atoms with Crippen LogP contribution in [0.5, 0.6) is 5.88 Å². The molecule has 1 aromatic heterocycles. The van der Waals surface area contributed by atoms with Crippen molar-refractivity contribution in [2.45, 2.75) is 13.2 Å². The van der Waals surface area contributed by atoms with Gasteiger partial charge >= 0.3 is 0 Å². The summed E-state index contributed by atoms with van der Waals surface area (Å²) >= 11 is 6.19.